The van der Waals surface area contributed by atoms with E-state index < -0.39 is 12.1 Å². The highest BCUT2D eigenvalue weighted by molar-refractivity contribution is 5.72. The van der Waals surface area contributed by atoms with Crippen molar-refractivity contribution in [3.8, 4) is 0 Å². The number of aliphatic carboxylic acids is 1. The molecule has 4 nitrogen and oxygen atoms in total. The van der Waals surface area contributed by atoms with Crippen LogP contribution in [0.25, 0.3) is 0 Å². The summed E-state index contributed by atoms with van der Waals surface area (Å²) in [5, 5.41) is 8.74. The molecule has 1 heterocycles. The number of ether oxygens (including phenoxy) is 2. The van der Waals surface area contributed by atoms with E-state index in [0.29, 0.717) is 19.6 Å². The number of carboxylic acid groups (broad SMARTS) is 1. The van der Waals surface area contributed by atoms with Gasteiger partial charge in [-0.2, -0.15) is 0 Å². The Bertz CT molecular complexity index is 349. The lowest BCUT2D eigenvalue weighted by Gasteiger charge is -2.09. The predicted molar refractivity (Wildman–Crippen MR) is 57.0 cm³/mol. The summed E-state index contributed by atoms with van der Waals surface area (Å²) in [5.41, 5.74) is 1.08. The van der Waals surface area contributed by atoms with Crippen LogP contribution >= 0.6 is 0 Å². The molecule has 0 radical (unpaired) electrons. The Balaban J connectivity index is 1.78. The van der Waals surface area contributed by atoms with Crippen molar-refractivity contribution in [3.05, 3.63) is 35.9 Å². The topological polar surface area (TPSA) is 55.8 Å². The maximum Gasteiger partial charge on any atom is 0.332 e. The van der Waals surface area contributed by atoms with Crippen molar-refractivity contribution >= 4 is 5.97 Å². The summed E-state index contributed by atoms with van der Waals surface area (Å²) < 4.78 is 10.7. The summed E-state index contributed by atoms with van der Waals surface area (Å²) in [6, 6.07) is 9.80. The van der Waals surface area contributed by atoms with E-state index in [1.165, 1.54) is 0 Å². The maximum absolute atomic E-state index is 10.6. The van der Waals surface area contributed by atoms with Gasteiger partial charge in [0, 0.05) is 6.42 Å². The molecule has 1 aromatic carbocycles. The van der Waals surface area contributed by atoms with Gasteiger partial charge in [-0.25, -0.2) is 4.79 Å². The first-order valence-corrected chi connectivity index (χ1v) is 5.25. The molecule has 0 saturated carbocycles. The van der Waals surface area contributed by atoms with E-state index in [1.807, 2.05) is 30.3 Å². The first kappa shape index (κ1) is 11.1. The van der Waals surface area contributed by atoms with Gasteiger partial charge in [0.05, 0.1) is 19.3 Å². The minimum absolute atomic E-state index is 0.110. The Labute approximate surface area is 93.8 Å². The molecule has 4 heteroatoms. The lowest BCUT2D eigenvalue weighted by Crippen LogP contribution is -2.19. The highest BCUT2D eigenvalue weighted by atomic mass is 16.6. The molecule has 0 aromatic heterocycles. The molecule has 2 atom stereocenters. The largest absolute Gasteiger partial charge is 0.479 e. The average molecular weight is 222 g/mol. The second-order valence-electron chi connectivity index (χ2n) is 3.81. The van der Waals surface area contributed by atoms with Crippen molar-refractivity contribution in [1.82, 2.24) is 0 Å². The summed E-state index contributed by atoms with van der Waals surface area (Å²) in [6.45, 7) is 0.866. The van der Waals surface area contributed by atoms with Gasteiger partial charge < -0.3 is 14.6 Å². The van der Waals surface area contributed by atoms with Crippen LogP contribution in [0.15, 0.2) is 30.3 Å². The van der Waals surface area contributed by atoms with Crippen molar-refractivity contribution in [2.45, 2.75) is 25.2 Å². The molecule has 2 rings (SSSR count). The molecule has 1 aromatic rings. The first-order valence-electron chi connectivity index (χ1n) is 5.25. The Kier molecular flexibility index (Phi) is 3.54. The van der Waals surface area contributed by atoms with Gasteiger partial charge in [0.25, 0.3) is 0 Å². The molecule has 0 spiro atoms. The number of carbonyl (C=O) groups is 1. The van der Waals surface area contributed by atoms with Crippen molar-refractivity contribution in [2.24, 2.45) is 0 Å². The van der Waals surface area contributed by atoms with Gasteiger partial charge in [0.2, 0.25) is 0 Å². The van der Waals surface area contributed by atoms with Crippen LogP contribution < -0.4 is 0 Å². The highest BCUT2D eigenvalue weighted by Crippen LogP contribution is 2.17. The summed E-state index contributed by atoms with van der Waals surface area (Å²) in [4.78, 5) is 10.6. The number of hydrogen-bond donors (Lipinski definition) is 1. The molecule has 1 aliphatic heterocycles. The van der Waals surface area contributed by atoms with E-state index in [1.54, 1.807) is 0 Å². The molecule has 86 valence electrons. The fraction of sp³-hybridized carbons (Fsp3) is 0.417. The summed E-state index contributed by atoms with van der Waals surface area (Å²) in [5.74, 6) is -0.911. The SMILES string of the molecule is O=C(O)[C@@H]1C[C@H](OCc2ccccc2)CO1. The van der Waals surface area contributed by atoms with Gasteiger partial charge in [0.1, 0.15) is 0 Å². The average Bonchev–Trinajstić information content (AvgIpc) is 2.76. The van der Waals surface area contributed by atoms with Gasteiger partial charge in [-0.15, -0.1) is 0 Å². The van der Waals surface area contributed by atoms with Crippen LogP contribution in [-0.4, -0.2) is 29.9 Å². The van der Waals surface area contributed by atoms with E-state index >= 15 is 0 Å². The van der Waals surface area contributed by atoms with Gasteiger partial charge >= 0.3 is 5.97 Å². The predicted octanol–water partition coefficient (Wildman–Crippen LogP) is 1.45. The van der Waals surface area contributed by atoms with Crippen LogP contribution in [0.5, 0.6) is 0 Å². The van der Waals surface area contributed by atoms with Gasteiger partial charge in [-0.1, -0.05) is 30.3 Å². The van der Waals surface area contributed by atoms with E-state index in [4.69, 9.17) is 14.6 Å². The quantitative estimate of drug-likeness (QED) is 0.837. The third-order valence-corrected chi connectivity index (χ3v) is 2.56. The van der Waals surface area contributed by atoms with Gasteiger partial charge in [-0.05, 0) is 5.56 Å². The standard InChI is InChI=1S/C12H14O4/c13-12(14)11-6-10(8-16-11)15-7-9-4-2-1-3-5-9/h1-5,10-11H,6-8H2,(H,13,14)/t10-,11-/m0/s1. The number of benzene rings is 1. The van der Waals surface area contributed by atoms with Gasteiger partial charge in [-0.3, -0.25) is 0 Å². The van der Waals surface area contributed by atoms with Crippen LogP contribution in [0.1, 0.15) is 12.0 Å². The normalized spacial score (nSPS) is 24.5. The summed E-state index contributed by atoms with van der Waals surface area (Å²) in [6.07, 6.45) is -0.385. The minimum atomic E-state index is -0.911. The summed E-state index contributed by atoms with van der Waals surface area (Å²) >= 11 is 0. The van der Waals surface area contributed by atoms with Crippen molar-refractivity contribution < 1.29 is 19.4 Å². The van der Waals surface area contributed by atoms with Crippen molar-refractivity contribution in [1.29, 1.82) is 0 Å². The molecule has 0 amide bonds. The molecule has 0 bridgehead atoms. The Morgan fingerprint density at radius 1 is 1.44 bits per heavy atom. The molecule has 1 aliphatic rings. The number of carboxylic acids is 1. The summed E-state index contributed by atoms with van der Waals surface area (Å²) in [7, 11) is 0. The molecule has 0 unspecified atom stereocenters. The third kappa shape index (κ3) is 2.81. The second-order valence-corrected chi connectivity index (χ2v) is 3.81. The Morgan fingerprint density at radius 3 is 2.81 bits per heavy atom. The van der Waals surface area contributed by atoms with Crippen molar-refractivity contribution in [3.63, 3.8) is 0 Å². The molecule has 0 aliphatic carbocycles. The van der Waals surface area contributed by atoms with E-state index in [0.717, 1.165) is 5.56 Å². The zero-order valence-corrected chi connectivity index (χ0v) is 8.83. The zero-order valence-electron chi connectivity index (χ0n) is 8.83. The van der Waals surface area contributed by atoms with Gasteiger partial charge in [0.15, 0.2) is 6.10 Å². The fourth-order valence-electron chi connectivity index (χ4n) is 1.67. The minimum Gasteiger partial charge on any atom is -0.479 e. The van der Waals surface area contributed by atoms with Crippen LogP contribution in [-0.2, 0) is 20.9 Å². The Hall–Kier alpha value is -1.39. The molecule has 16 heavy (non-hydrogen) atoms. The fourth-order valence-corrected chi connectivity index (χ4v) is 1.67. The molecule has 1 fully saturated rings. The van der Waals surface area contributed by atoms with Crippen molar-refractivity contribution in [2.75, 3.05) is 6.61 Å². The lowest BCUT2D eigenvalue weighted by molar-refractivity contribution is -0.147. The third-order valence-electron chi connectivity index (χ3n) is 2.56. The molecule has 1 saturated heterocycles. The monoisotopic (exact) mass is 222 g/mol. The van der Waals surface area contributed by atoms with E-state index in [9.17, 15) is 4.79 Å². The molecule has 1 N–H and O–H groups in total. The molecular weight excluding hydrogens is 208 g/mol. The second kappa shape index (κ2) is 5.09. The lowest BCUT2D eigenvalue weighted by atomic mass is 10.2. The van der Waals surface area contributed by atoms with Crippen LogP contribution in [0.3, 0.4) is 0 Å². The first-order chi connectivity index (χ1) is 7.75. The zero-order chi connectivity index (χ0) is 11.4. The number of hydrogen-bond acceptors (Lipinski definition) is 3. The Morgan fingerprint density at radius 2 is 2.19 bits per heavy atom. The number of rotatable bonds is 4. The van der Waals surface area contributed by atoms with Crippen LogP contribution in [0.2, 0.25) is 0 Å². The maximum atomic E-state index is 10.6. The van der Waals surface area contributed by atoms with E-state index in [-0.39, 0.29) is 6.10 Å². The molecular formula is C12H14O4. The van der Waals surface area contributed by atoms with Crippen LogP contribution in [0, 0.1) is 0 Å². The van der Waals surface area contributed by atoms with E-state index in [2.05, 4.69) is 0 Å². The highest BCUT2D eigenvalue weighted by Gasteiger charge is 2.31. The van der Waals surface area contributed by atoms with Crippen LogP contribution in [0.4, 0.5) is 0 Å². The smallest absolute Gasteiger partial charge is 0.332 e.